The molecule has 3 nitrogen and oxygen atoms in total. The number of benzene rings is 2. The van der Waals surface area contributed by atoms with Crippen LogP contribution in [-0.2, 0) is 10.8 Å². The summed E-state index contributed by atoms with van der Waals surface area (Å²) in [5, 5.41) is 0.821. The lowest BCUT2D eigenvalue weighted by Gasteiger charge is -2.21. The van der Waals surface area contributed by atoms with Gasteiger partial charge in [0.05, 0.1) is 38.5 Å². The molecular weight excluding hydrogens is 461 g/mol. The maximum atomic E-state index is 6.59. The molecule has 0 aliphatic rings. The summed E-state index contributed by atoms with van der Waals surface area (Å²) in [4.78, 5) is 14.6. The Morgan fingerprint density at radius 3 is 1.62 bits per heavy atom. The zero-order valence-electron chi connectivity index (χ0n) is 21.3. The molecule has 0 spiro atoms. The van der Waals surface area contributed by atoms with E-state index in [1.807, 2.05) is 50.2 Å². The third-order valence-corrected chi connectivity index (χ3v) is 6.40. The predicted octanol–water partition coefficient (Wildman–Crippen LogP) is 9.26. The fourth-order valence-electron chi connectivity index (χ4n) is 3.81. The van der Waals surface area contributed by atoms with Gasteiger partial charge in [-0.1, -0.05) is 101 Å². The van der Waals surface area contributed by atoms with Crippen molar-refractivity contribution in [2.75, 3.05) is 0 Å². The second kappa shape index (κ2) is 10.0. The zero-order chi connectivity index (χ0) is 25.3. The molecule has 3 rings (SSSR count). The summed E-state index contributed by atoms with van der Waals surface area (Å²) in [6, 6.07) is 18.1. The zero-order valence-corrected chi connectivity index (χ0v) is 22.8. The Balaban J connectivity index is 2.10. The third-order valence-electron chi connectivity index (χ3n) is 5.63. The van der Waals surface area contributed by atoms with E-state index in [0.29, 0.717) is 27.1 Å². The van der Waals surface area contributed by atoms with Crippen molar-refractivity contribution in [3.8, 4) is 0 Å². The first-order valence-electron chi connectivity index (χ1n) is 11.5. The number of pyridine rings is 1. The van der Waals surface area contributed by atoms with E-state index in [2.05, 4.69) is 53.7 Å². The first-order valence-corrected chi connectivity index (χ1v) is 12.2. The van der Waals surface area contributed by atoms with Crippen molar-refractivity contribution >= 4 is 46.0 Å². The van der Waals surface area contributed by atoms with Crippen molar-refractivity contribution in [2.45, 2.75) is 66.2 Å². The minimum absolute atomic E-state index is 0.0275. The minimum Gasteiger partial charge on any atom is -0.251 e. The van der Waals surface area contributed by atoms with Crippen LogP contribution in [0.4, 0.5) is 11.4 Å². The number of hydrogen-bond donors (Lipinski definition) is 0. The van der Waals surface area contributed by atoms with Crippen molar-refractivity contribution in [2.24, 2.45) is 9.98 Å². The van der Waals surface area contributed by atoms with Crippen LogP contribution in [0.1, 0.15) is 77.9 Å². The Hall–Kier alpha value is -2.49. The van der Waals surface area contributed by atoms with Crippen LogP contribution in [-0.4, -0.2) is 16.4 Å². The molecular formula is C29H33Cl2N3. The molecule has 34 heavy (non-hydrogen) atoms. The van der Waals surface area contributed by atoms with Gasteiger partial charge in [0.25, 0.3) is 0 Å². The molecule has 0 saturated heterocycles. The number of nitrogens with zero attached hydrogens (tertiary/aromatic N) is 3. The van der Waals surface area contributed by atoms with Crippen LogP contribution in [0.5, 0.6) is 0 Å². The molecule has 0 saturated carbocycles. The second-order valence-corrected chi connectivity index (χ2v) is 11.4. The monoisotopic (exact) mass is 493 g/mol. The van der Waals surface area contributed by atoms with Crippen LogP contribution in [0.15, 0.2) is 64.6 Å². The predicted molar refractivity (Wildman–Crippen MR) is 148 cm³/mol. The maximum Gasteiger partial charge on any atom is 0.105 e. The van der Waals surface area contributed by atoms with E-state index in [1.165, 1.54) is 5.56 Å². The fraction of sp³-hybridized carbons (Fsp3) is 0.345. The summed E-state index contributed by atoms with van der Waals surface area (Å²) in [5.41, 5.74) is 6.78. The lowest BCUT2D eigenvalue weighted by atomic mass is 9.86. The Labute approximate surface area is 214 Å². The lowest BCUT2D eigenvalue weighted by molar-refractivity contribution is 0.591. The van der Waals surface area contributed by atoms with E-state index in [0.717, 1.165) is 22.6 Å². The smallest absolute Gasteiger partial charge is 0.105 e. The van der Waals surface area contributed by atoms with Crippen LogP contribution < -0.4 is 0 Å². The molecule has 0 atom stereocenters. The van der Waals surface area contributed by atoms with Crippen LogP contribution in [0, 0.1) is 0 Å². The topological polar surface area (TPSA) is 37.6 Å². The van der Waals surface area contributed by atoms with Gasteiger partial charge in [0, 0.05) is 0 Å². The number of aromatic nitrogens is 1. The SMILES string of the molecule is CC(=Nc1ccccc1C(C)(C)C)c1cc(Cl)c(Cl)c(C(C)=Nc2ccccc2C(C)(C)C)n1. The van der Waals surface area contributed by atoms with Crippen molar-refractivity contribution < 1.29 is 0 Å². The average Bonchev–Trinajstić information content (AvgIpc) is 2.74. The summed E-state index contributed by atoms with van der Waals surface area (Å²) in [5.74, 6) is 0. The molecule has 5 heteroatoms. The van der Waals surface area contributed by atoms with E-state index in [1.54, 1.807) is 6.07 Å². The van der Waals surface area contributed by atoms with Gasteiger partial charge in [0.15, 0.2) is 0 Å². The molecule has 0 bridgehead atoms. The highest BCUT2D eigenvalue weighted by atomic mass is 35.5. The molecule has 0 radical (unpaired) electrons. The molecule has 0 aliphatic heterocycles. The number of halogens is 2. The van der Waals surface area contributed by atoms with E-state index in [-0.39, 0.29) is 10.8 Å². The highest BCUT2D eigenvalue weighted by molar-refractivity contribution is 6.44. The van der Waals surface area contributed by atoms with Gasteiger partial charge in [0.2, 0.25) is 0 Å². The van der Waals surface area contributed by atoms with E-state index >= 15 is 0 Å². The summed E-state index contributed by atoms with van der Waals surface area (Å²) in [6.45, 7) is 16.9. The van der Waals surface area contributed by atoms with Gasteiger partial charge < -0.3 is 0 Å². The lowest BCUT2D eigenvalue weighted by Crippen LogP contribution is -2.12. The highest BCUT2D eigenvalue weighted by Crippen LogP contribution is 2.34. The molecule has 1 heterocycles. The van der Waals surface area contributed by atoms with Crippen LogP contribution >= 0.6 is 23.2 Å². The first kappa shape index (κ1) is 26.1. The van der Waals surface area contributed by atoms with Crippen molar-refractivity contribution in [1.29, 1.82) is 0 Å². The summed E-state index contributed by atoms with van der Waals surface area (Å²) in [7, 11) is 0. The quantitative estimate of drug-likeness (QED) is 0.333. The summed E-state index contributed by atoms with van der Waals surface area (Å²) in [6.07, 6.45) is 0. The number of aliphatic imine (C=N–C) groups is 2. The minimum atomic E-state index is -0.0409. The average molecular weight is 495 g/mol. The number of hydrogen-bond acceptors (Lipinski definition) is 3. The molecule has 3 aromatic rings. The molecule has 0 fully saturated rings. The molecule has 2 aromatic carbocycles. The van der Waals surface area contributed by atoms with Crippen molar-refractivity contribution in [3.63, 3.8) is 0 Å². The first-order chi connectivity index (χ1) is 15.8. The molecule has 0 N–H and O–H groups in total. The van der Waals surface area contributed by atoms with Crippen LogP contribution in [0.2, 0.25) is 10.0 Å². The maximum absolute atomic E-state index is 6.59. The van der Waals surface area contributed by atoms with Gasteiger partial charge >= 0.3 is 0 Å². The van der Waals surface area contributed by atoms with Gasteiger partial charge in [-0.2, -0.15) is 0 Å². The van der Waals surface area contributed by atoms with Gasteiger partial charge in [-0.05, 0) is 54.0 Å². The van der Waals surface area contributed by atoms with Crippen molar-refractivity contribution in [3.05, 3.63) is 87.2 Å². The Bertz CT molecular complexity index is 1260. The number of para-hydroxylation sites is 2. The van der Waals surface area contributed by atoms with Gasteiger partial charge in [0.1, 0.15) is 5.69 Å². The Morgan fingerprint density at radius 2 is 1.15 bits per heavy atom. The molecule has 178 valence electrons. The highest BCUT2D eigenvalue weighted by Gasteiger charge is 2.20. The third kappa shape index (κ3) is 5.95. The van der Waals surface area contributed by atoms with Gasteiger partial charge in [-0.15, -0.1) is 0 Å². The number of rotatable bonds is 4. The normalized spacial score (nSPS) is 13.4. The Kier molecular flexibility index (Phi) is 7.69. The molecule has 1 aromatic heterocycles. The molecule has 0 unspecified atom stereocenters. The fourth-order valence-corrected chi connectivity index (χ4v) is 4.23. The van der Waals surface area contributed by atoms with Crippen LogP contribution in [0.3, 0.4) is 0 Å². The van der Waals surface area contributed by atoms with Crippen molar-refractivity contribution in [1.82, 2.24) is 4.98 Å². The van der Waals surface area contributed by atoms with E-state index in [9.17, 15) is 0 Å². The molecule has 0 aliphatic carbocycles. The Morgan fingerprint density at radius 1 is 0.706 bits per heavy atom. The van der Waals surface area contributed by atoms with Crippen LogP contribution in [0.25, 0.3) is 0 Å². The van der Waals surface area contributed by atoms with Gasteiger partial charge in [-0.3, -0.25) is 9.98 Å². The second-order valence-electron chi connectivity index (χ2n) is 10.6. The van der Waals surface area contributed by atoms with E-state index < -0.39 is 0 Å². The standard InChI is InChI=1S/C29H33Cl2N3/c1-18(32-23-15-11-9-13-20(23)28(3,4)5)25-17-22(30)26(31)27(34-25)19(2)33-24-16-12-10-14-21(24)29(6,7)8/h9-17H,1-8H3. The summed E-state index contributed by atoms with van der Waals surface area (Å²) < 4.78 is 0. The van der Waals surface area contributed by atoms with E-state index in [4.69, 9.17) is 38.2 Å². The summed E-state index contributed by atoms with van der Waals surface area (Å²) >= 11 is 13.1. The molecule has 0 amide bonds. The largest absolute Gasteiger partial charge is 0.251 e. The van der Waals surface area contributed by atoms with Gasteiger partial charge in [-0.25, -0.2) is 4.98 Å².